The summed E-state index contributed by atoms with van der Waals surface area (Å²) in [5.74, 6) is 0.603. The minimum Gasteiger partial charge on any atom is -0.497 e. The SMILES string of the molecule is COc1ccc2c(ccn2CCNC(=O)C(C)N2Cc3ccccc3C2=O)c1. The van der Waals surface area contributed by atoms with Gasteiger partial charge in [0.05, 0.1) is 7.11 Å². The van der Waals surface area contributed by atoms with Crippen LogP contribution in [0.2, 0.25) is 0 Å². The van der Waals surface area contributed by atoms with Gasteiger partial charge in [-0.25, -0.2) is 0 Å². The summed E-state index contributed by atoms with van der Waals surface area (Å²) in [4.78, 5) is 26.7. The van der Waals surface area contributed by atoms with Crippen LogP contribution < -0.4 is 10.1 Å². The molecule has 2 amide bonds. The fourth-order valence-corrected chi connectivity index (χ4v) is 3.68. The van der Waals surface area contributed by atoms with Crippen LogP contribution in [0.4, 0.5) is 0 Å². The molecular formula is C22H23N3O3. The van der Waals surface area contributed by atoms with E-state index in [2.05, 4.69) is 9.88 Å². The van der Waals surface area contributed by atoms with Crippen molar-refractivity contribution in [2.24, 2.45) is 0 Å². The van der Waals surface area contributed by atoms with Gasteiger partial charge in [-0.1, -0.05) is 18.2 Å². The number of fused-ring (bicyclic) bond motifs is 2. The van der Waals surface area contributed by atoms with Crippen LogP contribution in [0, 0.1) is 0 Å². The van der Waals surface area contributed by atoms with Crippen molar-refractivity contribution >= 4 is 22.7 Å². The molecule has 3 aromatic rings. The van der Waals surface area contributed by atoms with Crippen molar-refractivity contribution < 1.29 is 14.3 Å². The summed E-state index contributed by atoms with van der Waals surface area (Å²) in [5, 5.41) is 4.05. The van der Waals surface area contributed by atoms with Gasteiger partial charge >= 0.3 is 0 Å². The molecule has 0 bridgehead atoms. The van der Waals surface area contributed by atoms with Crippen molar-refractivity contribution in [3.8, 4) is 5.75 Å². The lowest BCUT2D eigenvalue weighted by molar-refractivity contribution is -0.125. The molecule has 0 spiro atoms. The van der Waals surface area contributed by atoms with Gasteiger partial charge in [0, 0.05) is 42.3 Å². The normalized spacial score (nSPS) is 14.2. The van der Waals surface area contributed by atoms with E-state index in [1.165, 1.54) is 0 Å². The van der Waals surface area contributed by atoms with Crippen LogP contribution >= 0.6 is 0 Å². The van der Waals surface area contributed by atoms with Crippen molar-refractivity contribution in [1.29, 1.82) is 0 Å². The first-order valence-electron chi connectivity index (χ1n) is 9.38. The Kier molecular flexibility index (Phi) is 4.77. The molecule has 1 N–H and O–H groups in total. The van der Waals surface area contributed by atoms with Gasteiger partial charge in [0.15, 0.2) is 0 Å². The smallest absolute Gasteiger partial charge is 0.255 e. The molecule has 1 atom stereocenters. The Labute approximate surface area is 163 Å². The minimum absolute atomic E-state index is 0.0800. The number of hydrogen-bond acceptors (Lipinski definition) is 3. The molecule has 2 aromatic carbocycles. The average Bonchev–Trinajstić information content (AvgIpc) is 3.28. The quantitative estimate of drug-likeness (QED) is 0.718. The molecular weight excluding hydrogens is 354 g/mol. The number of ether oxygens (including phenoxy) is 1. The molecule has 6 nitrogen and oxygen atoms in total. The van der Waals surface area contributed by atoms with E-state index in [1.807, 2.05) is 54.7 Å². The molecule has 1 aliphatic heterocycles. The minimum atomic E-state index is -0.509. The summed E-state index contributed by atoms with van der Waals surface area (Å²) in [6.45, 7) is 3.40. The molecule has 0 saturated heterocycles. The lowest BCUT2D eigenvalue weighted by Gasteiger charge is -2.23. The third-order valence-corrected chi connectivity index (χ3v) is 5.33. The summed E-state index contributed by atoms with van der Waals surface area (Å²) in [6, 6.07) is 15.0. The first-order valence-corrected chi connectivity index (χ1v) is 9.38. The largest absolute Gasteiger partial charge is 0.497 e. The Morgan fingerprint density at radius 2 is 2.04 bits per heavy atom. The second-order valence-electron chi connectivity index (χ2n) is 6.99. The molecule has 144 valence electrons. The van der Waals surface area contributed by atoms with Gasteiger partial charge in [-0.2, -0.15) is 0 Å². The molecule has 1 unspecified atom stereocenters. The van der Waals surface area contributed by atoms with Gasteiger partial charge in [-0.05, 0) is 42.8 Å². The van der Waals surface area contributed by atoms with E-state index in [0.29, 0.717) is 25.2 Å². The van der Waals surface area contributed by atoms with Crippen LogP contribution in [0.5, 0.6) is 5.75 Å². The van der Waals surface area contributed by atoms with Crippen LogP contribution in [0.1, 0.15) is 22.8 Å². The number of benzene rings is 2. The Balaban J connectivity index is 1.36. The highest BCUT2D eigenvalue weighted by Gasteiger charge is 2.33. The molecule has 0 fully saturated rings. The number of carbonyl (C=O) groups excluding carboxylic acids is 2. The molecule has 6 heteroatoms. The Bertz CT molecular complexity index is 1040. The number of nitrogens with zero attached hydrogens (tertiary/aromatic N) is 2. The fraction of sp³-hybridized carbons (Fsp3) is 0.273. The Morgan fingerprint density at radius 1 is 1.21 bits per heavy atom. The van der Waals surface area contributed by atoms with E-state index >= 15 is 0 Å². The van der Waals surface area contributed by atoms with Gasteiger partial charge in [0.1, 0.15) is 11.8 Å². The lowest BCUT2D eigenvalue weighted by atomic mass is 10.1. The summed E-state index contributed by atoms with van der Waals surface area (Å²) < 4.78 is 7.35. The third kappa shape index (κ3) is 3.22. The number of nitrogens with one attached hydrogen (secondary N) is 1. The van der Waals surface area contributed by atoms with Crippen LogP contribution in [0.3, 0.4) is 0 Å². The molecule has 0 saturated carbocycles. The first kappa shape index (κ1) is 18.1. The molecule has 0 radical (unpaired) electrons. The van der Waals surface area contributed by atoms with E-state index in [-0.39, 0.29) is 11.8 Å². The van der Waals surface area contributed by atoms with Gasteiger partial charge in [-0.15, -0.1) is 0 Å². The highest BCUT2D eigenvalue weighted by Crippen LogP contribution is 2.24. The second kappa shape index (κ2) is 7.38. The van der Waals surface area contributed by atoms with E-state index in [4.69, 9.17) is 4.74 Å². The maximum Gasteiger partial charge on any atom is 0.255 e. The number of hydrogen-bond donors (Lipinski definition) is 1. The Morgan fingerprint density at radius 3 is 2.82 bits per heavy atom. The Hall–Kier alpha value is -3.28. The molecule has 28 heavy (non-hydrogen) atoms. The predicted molar refractivity (Wildman–Crippen MR) is 107 cm³/mol. The van der Waals surface area contributed by atoms with Crippen LogP contribution in [0.25, 0.3) is 10.9 Å². The summed E-state index contributed by atoms with van der Waals surface area (Å²) in [5.41, 5.74) is 2.76. The van der Waals surface area contributed by atoms with Crippen molar-refractivity contribution in [3.63, 3.8) is 0 Å². The number of aromatic nitrogens is 1. The van der Waals surface area contributed by atoms with Crippen molar-refractivity contribution in [3.05, 3.63) is 65.9 Å². The van der Waals surface area contributed by atoms with E-state index in [1.54, 1.807) is 18.9 Å². The van der Waals surface area contributed by atoms with Gasteiger partial charge in [0.2, 0.25) is 5.91 Å². The average molecular weight is 377 g/mol. The number of amides is 2. The molecule has 4 rings (SSSR count). The summed E-state index contributed by atoms with van der Waals surface area (Å²) in [6.07, 6.45) is 2.00. The third-order valence-electron chi connectivity index (χ3n) is 5.33. The maximum atomic E-state index is 12.6. The van der Waals surface area contributed by atoms with Crippen LogP contribution in [0.15, 0.2) is 54.7 Å². The molecule has 2 heterocycles. The zero-order valence-electron chi connectivity index (χ0n) is 16.0. The fourth-order valence-electron chi connectivity index (χ4n) is 3.68. The van der Waals surface area contributed by atoms with Crippen molar-refractivity contribution in [1.82, 2.24) is 14.8 Å². The molecule has 0 aliphatic carbocycles. The van der Waals surface area contributed by atoms with Crippen molar-refractivity contribution in [2.75, 3.05) is 13.7 Å². The second-order valence-corrected chi connectivity index (χ2v) is 6.99. The summed E-state index contributed by atoms with van der Waals surface area (Å²) >= 11 is 0. The van der Waals surface area contributed by atoms with Crippen molar-refractivity contribution in [2.45, 2.75) is 26.1 Å². The first-order chi connectivity index (χ1) is 13.6. The van der Waals surface area contributed by atoms with Crippen LogP contribution in [-0.4, -0.2) is 41.0 Å². The monoisotopic (exact) mass is 377 g/mol. The number of carbonyl (C=O) groups is 2. The molecule has 1 aromatic heterocycles. The van der Waals surface area contributed by atoms with Crippen LogP contribution in [-0.2, 0) is 17.9 Å². The van der Waals surface area contributed by atoms with Gasteiger partial charge in [-0.3, -0.25) is 9.59 Å². The molecule has 1 aliphatic rings. The topological polar surface area (TPSA) is 63.6 Å². The maximum absolute atomic E-state index is 12.6. The zero-order valence-corrected chi connectivity index (χ0v) is 16.0. The van der Waals surface area contributed by atoms with Gasteiger partial charge in [0.25, 0.3) is 5.91 Å². The van der Waals surface area contributed by atoms with E-state index in [9.17, 15) is 9.59 Å². The summed E-state index contributed by atoms with van der Waals surface area (Å²) in [7, 11) is 1.65. The lowest BCUT2D eigenvalue weighted by Crippen LogP contribution is -2.45. The number of rotatable bonds is 6. The number of methoxy groups -OCH3 is 1. The predicted octanol–water partition coefficient (Wildman–Crippen LogP) is 2.81. The standard InChI is InChI=1S/C22H23N3O3/c1-15(25-14-17-5-3-4-6-19(17)22(25)27)21(26)23-10-12-24-11-9-16-13-18(28-2)7-8-20(16)24/h3-9,11,13,15H,10,12,14H2,1-2H3,(H,23,26). The zero-order chi connectivity index (χ0) is 19.7. The highest BCUT2D eigenvalue weighted by molar-refractivity contribution is 6.01. The van der Waals surface area contributed by atoms with Gasteiger partial charge < -0.3 is 19.5 Å². The highest BCUT2D eigenvalue weighted by atomic mass is 16.5. The van der Waals surface area contributed by atoms with E-state index in [0.717, 1.165) is 22.2 Å². The van der Waals surface area contributed by atoms with E-state index < -0.39 is 6.04 Å².